The largest absolute Gasteiger partial charge is 0.490 e. The summed E-state index contributed by atoms with van der Waals surface area (Å²) >= 11 is 0. The van der Waals surface area contributed by atoms with E-state index in [1.807, 2.05) is 55.5 Å². The molecule has 1 fully saturated rings. The lowest BCUT2D eigenvalue weighted by Gasteiger charge is -2.36. The molecule has 0 aromatic heterocycles. The molecule has 1 N–H and O–H groups in total. The Morgan fingerprint density at radius 2 is 1.69 bits per heavy atom. The second-order valence-corrected chi connectivity index (χ2v) is 7.77. The number of benzene rings is 3. The van der Waals surface area contributed by atoms with Crippen molar-refractivity contribution >= 4 is 0 Å². The predicted octanol–water partition coefficient (Wildman–Crippen LogP) is 4.94. The summed E-state index contributed by atoms with van der Waals surface area (Å²) in [5.41, 5.74) is 2.40. The SMILES string of the molecule is CCOc1cc(C(c2ccc(F)cc2F)N2CCNCC2)ccc1OCc1ccccc1. The molecule has 0 radical (unpaired) electrons. The van der Waals surface area contributed by atoms with Crippen LogP contribution in [-0.4, -0.2) is 37.7 Å². The number of piperazine rings is 1. The average molecular weight is 439 g/mol. The number of hydrogen-bond donors (Lipinski definition) is 1. The Hall–Kier alpha value is -2.96. The predicted molar refractivity (Wildman–Crippen MR) is 121 cm³/mol. The number of halogens is 2. The molecule has 4 nitrogen and oxygen atoms in total. The van der Waals surface area contributed by atoms with Crippen LogP contribution in [0.1, 0.15) is 29.7 Å². The fraction of sp³-hybridized carbons (Fsp3) is 0.308. The van der Waals surface area contributed by atoms with Crippen molar-refractivity contribution in [2.24, 2.45) is 0 Å². The number of nitrogens with one attached hydrogen (secondary N) is 1. The molecule has 1 heterocycles. The van der Waals surface area contributed by atoms with Gasteiger partial charge in [-0.15, -0.1) is 0 Å². The fourth-order valence-electron chi connectivity index (χ4n) is 4.07. The smallest absolute Gasteiger partial charge is 0.161 e. The minimum absolute atomic E-state index is 0.347. The van der Waals surface area contributed by atoms with Gasteiger partial charge in [0.1, 0.15) is 18.2 Å². The topological polar surface area (TPSA) is 33.7 Å². The maximum absolute atomic E-state index is 14.8. The van der Waals surface area contributed by atoms with E-state index in [4.69, 9.17) is 9.47 Å². The van der Waals surface area contributed by atoms with Gasteiger partial charge in [0, 0.05) is 37.8 Å². The molecule has 32 heavy (non-hydrogen) atoms. The minimum atomic E-state index is -0.579. The average Bonchev–Trinajstić information content (AvgIpc) is 2.82. The summed E-state index contributed by atoms with van der Waals surface area (Å²) in [5, 5.41) is 3.33. The highest BCUT2D eigenvalue weighted by Crippen LogP contribution is 2.37. The molecule has 6 heteroatoms. The summed E-state index contributed by atoms with van der Waals surface area (Å²) in [6.07, 6.45) is 0. The van der Waals surface area contributed by atoms with E-state index < -0.39 is 11.6 Å². The molecule has 0 saturated carbocycles. The lowest BCUT2D eigenvalue weighted by atomic mass is 9.95. The standard InChI is InChI=1S/C26H28F2N2O2/c1-2-31-25-16-20(8-11-24(25)32-18-19-6-4-3-5-7-19)26(30-14-12-29-13-15-30)22-10-9-21(27)17-23(22)28/h3-11,16-17,26,29H,2,12-15,18H2,1H3. The van der Waals surface area contributed by atoms with E-state index in [1.165, 1.54) is 12.1 Å². The van der Waals surface area contributed by atoms with Crippen molar-refractivity contribution in [3.8, 4) is 11.5 Å². The van der Waals surface area contributed by atoms with Gasteiger partial charge in [-0.3, -0.25) is 4.90 Å². The molecular weight excluding hydrogens is 410 g/mol. The Balaban J connectivity index is 1.67. The first-order valence-electron chi connectivity index (χ1n) is 11.0. The first kappa shape index (κ1) is 22.2. The molecule has 3 aromatic rings. The zero-order valence-electron chi connectivity index (χ0n) is 18.2. The van der Waals surface area contributed by atoms with E-state index in [0.717, 1.165) is 43.4 Å². The van der Waals surface area contributed by atoms with Crippen molar-refractivity contribution in [1.29, 1.82) is 0 Å². The van der Waals surface area contributed by atoms with Crippen molar-refractivity contribution in [3.05, 3.63) is 95.1 Å². The summed E-state index contributed by atoms with van der Waals surface area (Å²) in [6, 6.07) is 19.1. The molecule has 1 aliphatic rings. The Labute approximate surface area is 187 Å². The molecule has 0 aliphatic carbocycles. The van der Waals surface area contributed by atoms with Gasteiger partial charge < -0.3 is 14.8 Å². The number of hydrogen-bond acceptors (Lipinski definition) is 4. The van der Waals surface area contributed by atoms with Crippen LogP contribution in [0.4, 0.5) is 8.78 Å². The molecule has 0 spiro atoms. The normalized spacial score (nSPS) is 15.3. The van der Waals surface area contributed by atoms with Crippen molar-refractivity contribution < 1.29 is 18.3 Å². The van der Waals surface area contributed by atoms with Crippen LogP contribution in [0.25, 0.3) is 0 Å². The number of nitrogens with zero attached hydrogens (tertiary/aromatic N) is 1. The molecular formula is C26H28F2N2O2. The van der Waals surface area contributed by atoms with Crippen LogP contribution in [0.2, 0.25) is 0 Å². The van der Waals surface area contributed by atoms with Crippen molar-refractivity contribution in [2.75, 3.05) is 32.8 Å². The number of ether oxygens (including phenoxy) is 2. The Bertz CT molecular complexity index is 1020. The highest BCUT2D eigenvalue weighted by atomic mass is 19.1. The van der Waals surface area contributed by atoms with Crippen LogP contribution in [0, 0.1) is 11.6 Å². The van der Waals surface area contributed by atoms with Gasteiger partial charge in [-0.2, -0.15) is 0 Å². The third kappa shape index (κ3) is 5.26. The van der Waals surface area contributed by atoms with Crippen LogP contribution < -0.4 is 14.8 Å². The van der Waals surface area contributed by atoms with Crippen LogP contribution in [0.15, 0.2) is 66.7 Å². The van der Waals surface area contributed by atoms with Gasteiger partial charge >= 0.3 is 0 Å². The van der Waals surface area contributed by atoms with Crippen LogP contribution >= 0.6 is 0 Å². The molecule has 168 valence electrons. The highest BCUT2D eigenvalue weighted by molar-refractivity contribution is 5.46. The second-order valence-electron chi connectivity index (χ2n) is 7.77. The second kappa shape index (κ2) is 10.6. The zero-order chi connectivity index (χ0) is 22.3. The molecule has 4 rings (SSSR count). The van der Waals surface area contributed by atoms with Crippen molar-refractivity contribution in [3.63, 3.8) is 0 Å². The molecule has 0 bridgehead atoms. The van der Waals surface area contributed by atoms with Crippen molar-refractivity contribution in [1.82, 2.24) is 10.2 Å². The van der Waals surface area contributed by atoms with Gasteiger partial charge in [0.2, 0.25) is 0 Å². The van der Waals surface area contributed by atoms with E-state index in [1.54, 1.807) is 0 Å². The van der Waals surface area contributed by atoms with E-state index in [9.17, 15) is 8.78 Å². The van der Waals surface area contributed by atoms with E-state index in [-0.39, 0.29) is 6.04 Å². The molecule has 0 amide bonds. The third-order valence-corrected chi connectivity index (χ3v) is 5.59. The molecule has 1 saturated heterocycles. The van der Waals surface area contributed by atoms with Crippen LogP contribution in [-0.2, 0) is 6.61 Å². The maximum Gasteiger partial charge on any atom is 0.161 e. The van der Waals surface area contributed by atoms with Gasteiger partial charge in [0.25, 0.3) is 0 Å². The van der Waals surface area contributed by atoms with E-state index in [2.05, 4.69) is 10.2 Å². The van der Waals surface area contributed by atoms with Gasteiger partial charge in [-0.1, -0.05) is 42.5 Å². The van der Waals surface area contributed by atoms with Crippen LogP contribution in [0.5, 0.6) is 11.5 Å². The highest BCUT2D eigenvalue weighted by Gasteiger charge is 2.27. The molecule has 1 unspecified atom stereocenters. The lowest BCUT2D eigenvalue weighted by molar-refractivity contribution is 0.194. The fourth-order valence-corrected chi connectivity index (χ4v) is 4.07. The molecule has 1 aliphatic heterocycles. The first-order chi connectivity index (χ1) is 15.7. The van der Waals surface area contributed by atoms with E-state index in [0.29, 0.717) is 30.3 Å². The summed E-state index contributed by atoms with van der Waals surface area (Å²) < 4.78 is 40.3. The molecule has 1 atom stereocenters. The summed E-state index contributed by atoms with van der Waals surface area (Å²) in [7, 11) is 0. The minimum Gasteiger partial charge on any atom is -0.490 e. The Kier molecular flexibility index (Phi) is 7.35. The summed E-state index contributed by atoms with van der Waals surface area (Å²) in [4.78, 5) is 2.21. The first-order valence-corrected chi connectivity index (χ1v) is 11.0. The van der Waals surface area contributed by atoms with Crippen LogP contribution in [0.3, 0.4) is 0 Å². The van der Waals surface area contributed by atoms with Gasteiger partial charge in [-0.05, 0) is 36.2 Å². The van der Waals surface area contributed by atoms with Crippen molar-refractivity contribution in [2.45, 2.75) is 19.6 Å². The molecule has 3 aromatic carbocycles. The number of rotatable bonds is 8. The van der Waals surface area contributed by atoms with E-state index >= 15 is 0 Å². The van der Waals surface area contributed by atoms with Gasteiger partial charge in [0.15, 0.2) is 11.5 Å². The summed E-state index contributed by atoms with van der Waals surface area (Å²) in [6.45, 7) is 5.98. The monoisotopic (exact) mass is 438 g/mol. The zero-order valence-corrected chi connectivity index (χ0v) is 18.2. The quantitative estimate of drug-likeness (QED) is 0.540. The third-order valence-electron chi connectivity index (χ3n) is 5.59. The lowest BCUT2D eigenvalue weighted by Crippen LogP contribution is -2.45. The summed E-state index contributed by atoms with van der Waals surface area (Å²) in [5.74, 6) is 0.127. The maximum atomic E-state index is 14.8. The van der Waals surface area contributed by atoms with Gasteiger partial charge in [0.05, 0.1) is 12.6 Å². The van der Waals surface area contributed by atoms with Gasteiger partial charge in [-0.25, -0.2) is 8.78 Å². The Morgan fingerprint density at radius 1 is 0.906 bits per heavy atom. The Morgan fingerprint density at radius 3 is 2.41 bits per heavy atom.